The first-order valence-corrected chi connectivity index (χ1v) is 17.4. The summed E-state index contributed by atoms with van der Waals surface area (Å²) < 4.78 is 33.6. The van der Waals surface area contributed by atoms with Crippen molar-refractivity contribution >= 4 is 23.9 Å². The maximum Gasteiger partial charge on any atom is 0.308 e. The van der Waals surface area contributed by atoms with Crippen LogP contribution in [0.4, 0.5) is 0 Å². The second kappa shape index (κ2) is 24.8. The number of unbranched alkanes of at least 4 members (excludes halogenated alkanes) is 12. The molecule has 47 heavy (non-hydrogen) atoms. The first-order valence-electron chi connectivity index (χ1n) is 17.4. The van der Waals surface area contributed by atoms with Crippen LogP contribution >= 0.6 is 0 Å². The highest BCUT2D eigenvalue weighted by Crippen LogP contribution is 2.31. The smallest absolute Gasteiger partial charge is 0.308 e. The predicted octanol–water partition coefficient (Wildman–Crippen LogP) is 3.90. The summed E-state index contributed by atoms with van der Waals surface area (Å²) in [6.07, 6.45) is 4.92. The van der Waals surface area contributed by atoms with Crippen molar-refractivity contribution in [2.75, 3.05) is 19.8 Å². The van der Waals surface area contributed by atoms with E-state index in [0.29, 0.717) is 6.42 Å². The van der Waals surface area contributed by atoms with Gasteiger partial charge in [-0.1, -0.05) is 97.8 Å². The SMILES string of the molecule is CCCCCCCCCCCCCCCC(=O)O[C@@H]1[C@H](OC(=O)C(C)C)[C@H](OC[C@@H](O)[C@@H](O)CO)O[C@H](COC(C)=O)[C@H]1OC(C)=O. The normalized spacial score (nSPS) is 22.4. The average Bonchev–Trinajstić information content (AvgIpc) is 3.02. The summed E-state index contributed by atoms with van der Waals surface area (Å²) in [5, 5.41) is 29.1. The second-order valence-electron chi connectivity index (χ2n) is 12.6. The van der Waals surface area contributed by atoms with E-state index in [0.717, 1.165) is 32.6 Å². The fraction of sp³-hybridized carbons (Fsp3) is 0.882. The highest BCUT2D eigenvalue weighted by atomic mass is 16.7. The summed E-state index contributed by atoms with van der Waals surface area (Å²) >= 11 is 0. The Morgan fingerprint density at radius 2 is 1.26 bits per heavy atom. The van der Waals surface area contributed by atoms with Crippen LogP contribution in [0.3, 0.4) is 0 Å². The zero-order valence-corrected chi connectivity index (χ0v) is 29.1. The quantitative estimate of drug-likeness (QED) is 0.0719. The van der Waals surface area contributed by atoms with Crippen LogP contribution in [-0.2, 0) is 47.6 Å². The van der Waals surface area contributed by atoms with Crippen LogP contribution < -0.4 is 0 Å². The fourth-order valence-electron chi connectivity index (χ4n) is 5.13. The van der Waals surface area contributed by atoms with Crippen molar-refractivity contribution in [3.8, 4) is 0 Å². The minimum atomic E-state index is -1.54. The molecular formula is C34H60O13. The van der Waals surface area contributed by atoms with Crippen molar-refractivity contribution in [3.05, 3.63) is 0 Å². The number of hydrogen-bond acceptors (Lipinski definition) is 13. The van der Waals surface area contributed by atoms with E-state index >= 15 is 0 Å². The molecule has 0 unspecified atom stereocenters. The lowest BCUT2D eigenvalue weighted by Crippen LogP contribution is -2.63. The molecule has 7 atom stereocenters. The molecule has 0 aliphatic carbocycles. The summed E-state index contributed by atoms with van der Waals surface area (Å²) in [6, 6.07) is 0. The number of rotatable bonds is 25. The lowest BCUT2D eigenvalue weighted by atomic mass is 9.97. The Morgan fingerprint density at radius 1 is 0.702 bits per heavy atom. The average molecular weight is 677 g/mol. The van der Waals surface area contributed by atoms with E-state index in [4.69, 9.17) is 28.4 Å². The molecule has 13 nitrogen and oxygen atoms in total. The van der Waals surface area contributed by atoms with Crippen LogP contribution in [0.25, 0.3) is 0 Å². The van der Waals surface area contributed by atoms with Gasteiger partial charge in [0.25, 0.3) is 0 Å². The molecule has 1 heterocycles. The molecule has 0 bridgehead atoms. The van der Waals surface area contributed by atoms with Crippen LogP contribution in [0, 0.1) is 5.92 Å². The second-order valence-corrected chi connectivity index (χ2v) is 12.6. The van der Waals surface area contributed by atoms with Crippen molar-refractivity contribution in [2.24, 2.45) is 5.92 Å². The van der Waals surface area contributed by atoms with E-state index in [1.165, 1.54) is 58.3 Å². The Morgan fingerprint density at radius 3 is 1.74 bits per heavy atom. The molecule has 0 radical (unpaired) electrons. The Balaban J connectivity index is 2.93. The Bertz CT molecular complexity index is 895. The standard InChI is InChI=1S/C34H60O13/c1-6-7-8-9-10-11-12-13-14-15-16-17-18-19-29(40)46-31-30(44-25(5)37)28(22-42-24(4)36)45-34(32(31)47-33(41)23(2)3)43-21-27(39)26(38)20-35/h23,26-28,30-32,34-35,38-39H,6-22H2,1-5H3/t26-,27+,28+,30+,31-,32-,34+/m0/s1. The molecule has 1 saturated heterocycles. The molecule has 1 aliphatic heterocycles. The predicted molar refractivity (Wildman–Crippen MR) is 171 cm³/mol. The van der Waals surface area contributed by atoms with Crippen LogP contribution in [-0.4, -0.2) is 102 Å². The number of esters is 4. The lowest BCUT2D eigenvalue weighted by Gasteiger charge is -2.44. The van der Waals surface area contributed by atoms with Gasteiger partial charge in [0.15, 0.2) is 24.6 Å². The van der Waals surface area contributed by atoms with Crippen molar-refractivity contribution in [3.63, 3.8) is 0 Å². The first kappa shape index (κ1) is 42.7. The molecule has 0 aromatic heterocycles. The molecule has 3 N–H and O–H groups in total. The van der Waals surface area contributed by atoms with Crippen LogP contribution in [0.1, 0.15) is 125 Å². The summed E-state index contributed by atoms with van der Waals surface area (Å²) in [7, 11) is 0. The summed E-state index contributed by atoms with van der Waals surface area (Å²) in [4.78, 5) is 49.6. The summed E-state index contributed by atoms with van der Waals surface area (Å²) in [6.45, 7) is 5.97. The van der Waals surface area contributed by atoms with Gasteiger partial charge < -0.3 is 43.7 Å². The van der Waals surface area contributed by atoms with Gasteiger partial charge in [0.05, 0.1) is 19.1 Å². The van der Waals surface area contributed by atoms with Gasteiger partial charge in [-0.15, -0.1) is 0 Å². The zero-order chi connectivity index (χ0) is 35.2. The third kappa shape index (κ3) is 18.1. The number of ether oxygens (including phenoxy) is 6. The van der Waals surface area contributed by atoms with E-state index in [9.17, 15) is 34.5 Å². The van der Waals surface area contributed by atoms with Crippen molar-refractivity contribution in [1.82, 2.24) is 0 Å². The van der Waals surface area contributed by atoms with Gasteiger partial charge >= 0.3 is 23.9 Å². The molecular weight excluding hydrogens is 616 g/mol. The highest BCUT2D eigenvalue weighted by Gasteiger charge is 2.53. The van der Waals surface area contributed by atoms with Crippen molar-refractivity contribution < 1.29 is 62.9 Å². The Hall–Kier alpha value is -2.32. The van der Waals surface area contributed by atoms with Crippen molar-refractivity contribution in [2.45, 2.75) is 167 Å². The van der Waals surface area contributed by atoms with Gasteiger partial charge in [-0.25, -0.2) is 0 Å². The van der Waals surface area contributed by atoms with Crippen LogP contribution in [0.2, 0.25) is 0 Å². The molecule has 0 aromatic rings. The molecule has 0 saturated carbocycles. The van der Waals surface area contributed by atoms with Gasteiger partial charge in [0.2, 0.25) is 0 Å². The van der Waals surface area contributed by atoms with E-state index in [1.54, 1.807) is 13.8 Å². The maximum absolute atomic E-state index is 13.1. The molecule has 1 fully saturated rings. The Labute approximate surface area is 279 Å². The van der Waals surface area contributed by atoms with Gasteiger partial charge in [-0.05, 0) is 6.42 Å². The highest BCUT2D eigenvalue weighted by molar-refractivity contribution is 5.72. The topological polar surface area (TPSA) is 184 Å². The maximum atomic E-state index is 13.1. The minimum absolute atomic E-state index is 0.0638. The third-order valence-corrected chi connectivity index (χ3v) is 7.88. The monoisotopic (exact) mass is 676 g/mol. The van der Waals surface area contributed by atoms with Gasteiger partial charge in [-0.2, -0.15) is 0 Å². The van der Waals surface area contributed by atoms with E-state index < -0.39 is 92.5 Å². The molecule has 0 aromatic carbocycles. The summed E-state index contributed by atoms with van der Waals surface area (Å²) in [5.41, 5.74) is 0. The van der Waals surface area contributed by atoms with E-state index in [2.05, 4.69) is 6.92 Å². The first-order chi connectivity index (χ1) is 22.4. The minimum Gasteiger partial charge on any atom is -0.463 e. The molecule has 13 heteroatoms. The molecule has 1 aliphatic rings. The summed E-state index contributed by atoms with van der Waals surface area (Å²) in [5.74, 6) is -3.33. The van der Waals surface area contributed by atoms with Gasteiger partial charge in [-0.3, -0.25) is 19.2 Å². The van der Waals surface area contributed by atoms with Crippen molar-refractivity contribution in [1.29, 1.82) is 0 Å². The fourth-order valence-corrected chi connectivity index (χ4v) is 5.13. The molecule has 1 rings (SSSR count). The number of hydrogen-bond donors (Lipinski definition) is 3. The number of aliphatic hydroxyl groups excluding tert-OH is 3. The van der Waals surface area contributed by atoms with Gasteiger partial charge in [0.1, 0.15) is 24.9 Å². The molecule has 274 valence electrons. The van der Waals surface area contributed by atoms with E-state index in [-0.39, 0.29) is 6.42 Å². The Kier molecular flexibility index (Phi) is 22.5. The van der Waals surface area contributed by atoms with Crippen LogP contribution in [0.15, 0.2) is 0 Å². The van der Waals surface area contributed by atoms with Gasteiger partial charge in [0, 0.05) is 20.3 Å². The van der Waals surface area contributed by atoms with E-state index in [1.807, 2.05) is 0 Å². The largest absolute Gasteiger partial charge is 0.463 e. The number of carbonyl (C=O) groups excluding carboxylic acids is 4. The lowest BCUT2D eigenvalue weighted by molar-refractivity contribution is -0.313. The number of carbonyl (C=O) groups is 4. The number of aliphatic hydroxyl groups is 3. The zero-order valence-electron chi connectivity index (χ0n) is 29.1. The third-order valence-electron chi connectivity index (χ3n) is 7.88. The molecule has 0 spiro atoms. The van der Waals surface area contributed by atoms with Crippen LogP contribution in [0.5, 0.6) is 0 Å². The molecule has 0 amide bonds.